The summed E-state index contributed by atoms with van der Waals surface area (Å²) in [5, 5.41) is 2.72. The molecular formula is C20H24FN3O3. The van der Waals surface area contributed by atoms with E-state index < -0.39 is 5.82 Å². The molecular weight excluding hydrogens is 349 g/mol. The molecule has 1 aliphatic rings. The van der Waals surface area contributed by atoms with Crippen LogP contribution < -0.4 is 10.1 Å². The van der Waals surface area contributed by atoms with Gasteiger partial charge in [-0.15, -0.1) is 0 Å². The molecule has 27 heavy (non-hydrogen) atoms. The van der Waals surface area contributed by atoms with Gasteiger partial charge in [0.05, 0.1) is 31.3 Å². The number of hydrogen-bond acceptors (Lipinski definition) is 4. The van der Waals surface area contributed by atoms with Gasteiger partial charge in [-0.3, -0.25) is 4.98 Å². The van der Waals surface area contributed by atoms with Crippen LogP contribution in [-0.4, -0.2) is 48.8 Å². The zero-order chi connectivity index (χ0) is 19.1. The van der Waals surface area contributed by atoms with Crippen molar-refractivity contribution >= 4 is 11.7 Å². The fourth-order valence-corrected chi connectivity index (χ4v) is 3.05. The number of pyridine rings is 1. The topological polar surface area (TPSA) is 63.7 Å². The average molecular weight is 373 g/mol. The SMILES string of the molecule is COc1ccc(CCN(CC2CCCO2)C(=O)Nc2cncc(F)c2)cc1. The van der Waals surface area contributed by atoms with E-state index in [1.165, 1.54) is 12.3 Å². The first-order valence-electron chi connectivity index (χ1n) is 9.05. The molecule has 1 aromatic carbocycles. The second-order valence-corrected chi connectivity index (χ2v) is 6.50. The number of benzene rings is 1. The third kappa shape index (κ3) is 5.65. The lowest BCUT2D eigenvalue weighted by atomic mass is 10.1. The summed E-state index contributed by atoms with van der Waals surface area (Å²) in [5.41, 5.74) is 1.44. The number of methoxy groups -OCH3 is 1. The first-order chi connectivity index (χ1) is 13.1. The summed E-state index contributed by atoms with van der Waals surface area (Å²) >= 11 is 0. The number of carbonyl (C=O) groups is 1. The van der Waals surface area contributed by atoms with Gasteiger partial charge in [0, 0.05) is 25.8 Å². The minimum absolute atomic E-state index is 0.0391. The van der Waals surface area contributed by atoms with Crippen molar-refractivity contribution in [3.63, 3.8) is 0 Å². The van der Waals surface area contributed by atoms with Gasteiger partial charge in [-0.25, -0.2) is 9.18 Å². The lowest BCUT2D eigenvalue weighted by Gasteiger charge is -2.26. The Morgan fingerprint density at radius 1 is 1.37 bits per heavy atom. The van der Waals surface area contributed by atoms with Crippen LogP contribution in [0.4, 0.5) is 14.9 Å². The number of nitrogens with one attached hydrogen (secondary N) is 1. The number of nitrogens with zero attached hydrogens (tertiary/aromatic N) is 2. The predicted molar refractivity (Wildman–Crippen MR) is 100 cm³/mol. The van der Waals surface area contributed by atoms with Crippen molar-refractivity contribution in [3.8, 4) is 5.75 Å². The maximum Gasteiger partial charge on any atom is 0.321 e. The molecule has 0 saturated carbocycles. The van der Waals surface area contributed by atoms with E-state index in [2.05, 4.69) is 10.3 Å². The molecule has 1 aromatic heterocycles. The first kappa shape index (κ1) is 19.1. The Morgan fingerprint density at radius 3 is 2.85 bits per heavy atom. The summed E-state index contributed by atoms with van der Waals surface area (Å²) < 4.78 is 24.2. The second kappa shape index (κ2) is 9.32. The number of ether oxygens (including phenoxy) is 2. The Hall–Kier alpha value is -2.67. The monoisotopic (exact) mass is 373 g/mol. The number of aromatic nitrogens is 1. The molecule has 0 radical (unpaired) electrons. The number of carbonyl (C=O) groups excluding carboxylic acids is 1. The van der Waals surface area contributed by atoms with Crippen LogP contribution in [0.15, 0.2) is 42.7 Å². The lowest BCUT2D eigenvalue weighted by molar-refractivity contribution is 0.0839. The van der Waals surface area contributed by atoms with Crippen LogP contribution in [-0.2, 0) is 11.2 Å². The summed E-state index contributed by atoms with van der Waals surface area (Å²) in [6, 6.07) is 8.73. The van der Waals surface area contributed by atoms with Crippen LogP contribution in [0.5, 0.6) is 5.75 Å². The maximum absolute atomic E-state index is 13.3. The molecule has 1 saturated heterocycles. The highest BCUT2D eigenvalue weighted by molar-refractivity contribution is 5.89. The Labute approximate surface area is 158 Å². The van der Waals surface area contributed by atoms with Crippen molar-refractivity contribution in [2.75, 3.05) is 32.1 Å². The Morgan fingerprint density at radius 2 is 2.19 bits per heavy atom. The summed E-state index contributed by atoms with van der Waals surface area (Å²) in [4.78, 5) is 18.2. The molecule has 1 fully saturated rings. The van der Waals surface area contributed by atoms with Gasteiger partial charge in [0.15, 0.2) is 0 Å². The minimum atomic E-state index is -0.489. The number of urea groups is 1. The van der Waals surface area contributed by atoms with Crippen molar-refractivity contribution < 1.29 is 18.7 Å². The van der Waals surface area contributed by atoms with E-state index in [4.69, 9.17) is 9.47 Å². The smallest absolute Gasteiger partial charge is 0.321 e. The highest BCUT2D eigenvalue weighted by atomic mass is 19.1. The molecule has 2 amide bonds. The fraction of sp³-hybridized carbons (Fsp3) is 0.400. The van der Waals surface area contributed by atoms with Crippen LogP contribution in [0.25, 0.3) is 0 Å². The van der Waals surface area contributed by atoms with Crippen molar-refractivity contribution in [1.82, 2.24) is 9.88 Å². The standard InChI is InChI=1S/C20H24FN3O3/c1-26-18-6-4-15(5-7-18)8-9-24(14-19-3-2-10-27-19)20(25)23-17-11-16(21)12-22-13-17/h4-7,11-13,19H,2-3,8-10,14H2,1H3,(H,23,25). The van der Waals surface area contributed by atoms with Gasteiger partial charge in [0.2, 0.25) is 0 Å². The van der Waals surface area contributed by atoms with Crippen molar-refractivity contribution in [3.05, 3.63) is 54.1 Å². The van der Waals surface area contributed by atoms with Crippen molar-refractivity contribution in [1.29, 1.82) is 0 Å². The number of anilines is 1. The van der Waals surface area contributed by atoms with Gasteiger partial charge in [-0.05, 0) is 37.0 Å². The molecule has 1 aliphatic heterocycles. The Kier molecular flexibility index (Phi) is 6.59. The third-order valence-electron chi connectivity index (χ3n) is 4.52. The highest BCUT2D eigenvalue weighted by Gasteiger charge is 2.22. The molecule has 144 valence electrons. The molecule has 2 aromatic rings. The summed E-state index contributed by atoms with van der Waals surface area (Å²) in [6.45, 7) is 1.76. The quantitative estimate of drug-likeness (QED) is 0.807. The van der Waals surface area contributed by atoms with E-state index in [9.17, 15) is 9.18 Å². The number of halogens is 1. The second-order valence-electron chi connectivity index (χ2n) is 6.50. The van der Waals surface area contributed by atoms with E-state index in [0.29, 0.717) is 25.2 Å². The Balaban J connectivity index is 1.64. The molecule has 1 unspecified atom stereocenters. The summed E-state index contributed by atoms with van der Waals surface area (Å²) in [6.07, 6.45) is 5.21. The van der Waals surface area contributed by atoms with Crippen molar-refractivity contribution in [2.24, 2.45) is 0 Å². The van der Waals surface area contributed by atoms with Gasteiger partial charge in [-0.2, -0.15) is 0 Å². The van der Waals surface area contributed by atoms with E-state index in [1.807, 2.05) is 24.3 Å². The molecule has 0 spiro atoms. The molecule has 6 nitrogen and oxygen atoms in total. The van der Waals surface area contributed by atoms with Gasteiger partial charge in [0.1, 0.15) is 11.6 Å². The zero-order valence-corrected chi connectivity index (χ0v) is 15.4. The van der Waals surface area contributed by atoms with Gasteiger partial charge in [-0.1, -0.05) is 12.1 Å². The predicted octanol–water partition coefficient (Wildman–Crippen LogP) is 3.48. The van der Waals surface area contributed by atoms with E-state index in [1.54, 1.807) is 12.0 Å². The number of rotatable bonds is 7. The zero-order valence-electron chi connectivity index (χ0n) is 15.4. The minimum Gasteiger partial charge on any atom is -0.497 e. The molecule has 1 N–H and O–H groups in total. The molecule has 2 heterocycles. The normalized spacial score (nSPS) is 16.1. The summed E-state index contributed by atoms with van der Waals surface area (Å²) in [5.74, 6) is 0.308. The number of hydrogen-bond donors (Lipinski definition) is 1. The van der Waals surface area contributed by atoms with Gasteiger partial charge in [0.25, 0.3) is 0 Å². The first-order valence-corrected chi connectivity index (χ1v) is 9.05. The van der Waals surface area contributed by atoms with Gasteiger partial charge < -0.3 is 19.7 Å². The van der Waals surface area contributed by atoms with Crippen LogP contribution in [0.1, 0.15) is 18.4 Å². The van der Waals surface area contributed by atoms with Crippen molar-refractivity contribution in [2.45, 2.75) is 25.4 Å². The van der Waals surface area contributed by atoms with Crippen LogP contribution >= 0.6 is 0 Å². The molecule has 1 atom stereocenters. The van der Waals surface area contributed by atoms with E-state index >= 15 is 0 Å². The lowest BCUT2D eigenvalue weighted by Crippen LogP contribution is -2.41. The molecule has 0 bridgehead atoms. The molecule has 7 heteroatoms. The molecule has 0 aliphatic carbocycles. The Bertz CT molecular complexity index is 748. The van der Waals surface area contributed by atoms with E-state index in [-0.39, 0.29) is 12.1 Å². The largest absolute Gasteiger partial charge is 0.497 e. The number of amides is 2. The van der Waals surface area contributed by atoms with E-state index in [0.717, 1.165) is 37.0 Å². The van der Waals surface area contributed by atoms with Crippen LogP contribution in [0.3, 0.4) is 0 Å². The summed E-state index contributed by atoms with van der Waals surface area (Å²) in [7, 11) is 1.63. The average Bonchev–Trinajstić information content (AvgIpc) is 3.18. The van der Waals surface area contributed by atoms with Gasteiger partial charge >= 0.3 is 6.03 Å². The van der Waals surface area contributed by atoms with Crippen LogP contribution in [0, 0.1) is 5.82 Å². The highest BCUT2D eigenvalue weighted by Crippen LogP contribution is 2.16. The maximum atomic E-state index is 13.3. The van der Waals surface area contributed by atoms with Crippen LogP contribution in [0.2, 0.25) is 0 Å². The fourth-order valence-electron chi connectivity index (χ4n) is 3.05. The molecule has 3 rings (SSSR count). The third-order valence-corrected chi connectivity index (χ3v) is 4.52.